The summed E-state index contributed by atoms with van der Waals surface area (Å²) in [4.78, 5) is 13.2. The van der Waals surface area contributed by atoms with E-state index < -0.39 is 0 Å². The second-order valence-corrected chi connectivity index (χ2v) is 4.56. The number of nitrogens with zero attached hydrogens (tertiary/aromatic N) is 1. The zero-order chi connectivity index (χ0) is 12.4. The van der Waals surface area contributed by atoms with Gasteiger partial charge in [-0.2, -0.15) is 0 Å². The first-order valence-electron chi connectivity index (χ1n) is 5.78. The van der Waals surface area contributed by atoms with Crippen molar-refractivity contribution in [1.82, 2.24) is 4.90 Å². The Labute approximate surface area is 101 Å². The first-order chi connectivity index (χ1) is 8.08. The molecule has 1 aromatic rings. The molecule has 0 fully saturated rings. The molecule has 2 nitrogen and oxygen atoms in total. The van der Waals surface area contributed by atoms with Crippen LogP contribution in [0, 0.1) is 5.82 Å². The Balaban J connectivity index is 2.40. The molecule has 0 bridgehead atoms. The van der Waals surface area contributed by atoms with Gasteiger partial charge in [0.25, 0.3) is 0 Å². The highest BCUT2D eigenvalue weighted by molar-refractivity contribution is 5.95. The predicted molar refractivity (Wildman–Crippen MR) is 66.0 cm³/mol. The van der Waals surface area contributed by atoms with Crippen LogP contribution in [0.3, 0.4) is 0 Å². The van der Waals surface area contributed by atoms with Gasteiger partial charge < -0.3 is 4.90 Å². The van der Waals surface area contributed by atoms with Gasteiger partial charge in [-0.15, -0.1) is 0 Å². The maximum absolute atomic E-state index is 13.2. The van der Waals surface area contributed by atoms with E-state index in [9.17, 15) is 9.18 Å². The number of hydrogen-bond acceptors (Lipinski definition) is 1. The van der Waals surface area contributed by atoms with E-state index >= 15 is 0 Å². The van der Waals surface area contributed by atoms with E-state index in [0.29, 0.717) is 0 Å². The number of likely N-dealkylation sites (N-methyl/N-ethyl adjacent to an activating group) is 1. The molecule has 0 aromatic heterocycles. The monoisotopic (exact) mass is 233 g/mol. The minimum atomic E-state index is -0.242. The Morgan fingerprint density at radius 1 is 1.35 bits per heavy atom. The van der Waals surface area contributed by atoms with Gasteiger partial charge >= 0.3 is 0 Å². The van der Waals surface area contributed by atoms with Crippen molar-refractivity contribution in [2.45, 2.75) is 19.3 Å². The average Bonchev–Trinajstić information content (AvgIpc) is 2.29. The first kappa shape index (κ1) is 11.8. The van der Waals surface area contributed by atoms with Crippen molar-refractivity contribution in [3.63, 3.8) is 0 Å². The fourth-order valence-corrected chi connectivity index (χ4v) is 2.10. The molecule has 0 radical (unpaired) electrons. The number of carbonyl (C=O) groups is 1. The summed E-state index contributed by atoms with van der Waals surface area (Å²) in [6.07, 6.45) is 4.45. The van der Waals surface area contributed by atoms with Crippen LogP contribution in [0.2, 0.25) is 0 Å². The summed E-state index contributed by atoms with van der Waals surface area (Å²) in [5, 5.41) is 0. The molecular weight excluding hydrogens is 217 g/mol. The lowest BCUT2D eigenvalue weighted by atomic mass is 9.87. The minimum Gasteiger partial charge on any atom is -0.345 e. The van der Waals surface area contributed by atoms with Crippen LogP contribution < -0.4 is 0 Å². The average molecular weight is 233 g/mol. The van der Waals surface area contributed by atoms with Crippen molar-refractivity contribution in [3.05, 3.63) is 41.2 Å². The molecule has 0 heterocycles. The number of hydrogen-bond donors (Lipinski definition) is 0. The fourth-order valence-electron chi connectivity index (χ4n) is 2.10. The molecule has 2 rings (SSSR count). The summed E-state index contributed by atoms with van der Waals surface area (Å²) in [6, 6.07) is 4.83. The lowest BCUT2D eigenvalue weighted by Crippen LogP contribution is -2.19. The van der Waals surface area contributed by atoms with Crippen LogP contribution in [0.25, 0.3) is 5.57 Å². The third-order valence-corrected chi connectivity index (χ3v) is 3.05. The summed E-state index contributed by atoms with van der Waals surface area (Å²) in [5.74, 6) is -0.286. The summed E-state index contributed by atoms with van der Waals surface area (Å²) in [7, 11) is 3.43. The zero-order valence-corrected chi connectivity index (χ0v) is 10.2. The number of rotatable bonds is 1. The first-order valence-corrected chi connectivity index (χ1v) is 5.78. The van der Waals surface area contributed by atoms with Crippen molar-refractivity contribution in [1.29, 1.82) is 0 Å². The van der Waals surface area contributed by atoms with E-state index in [1.165, 1.54) is 17.0 Å². The standard InChI is InChI=1S/C14H16FNO/c1-16(2)14(17)8-11-5-3-4-10-6-7-12(15)9-13(10)11/h6-9H,3-5H2,1-2H3/b11-8+. The van der Waals surface area contributed by atoms with Crippen molar-refractivity contribution in [2.75, 3.05) is 14.1 Å². The molecule has 1 aliphatic carbocycles. The van der Waals surface area contributed by atoms with Crippen molar-refractivity contribution in [2.24, 2.45) is 0 Å². The van der Waals surface area contributed by atoms with E-state index in [0.717, 1.165) is 36.0 Å². The maximum atomic E-state index is 13.2. The van der Waals surface area contributed by atoms with Gasteiger partial charge in [-0.1, -0.05) is 6.07 Å². The largest absolute Gasteiger partial charge is 0.345 e. The molecule has 3 heteroatoms. The molecule has 1 amide bonds. The molecule has 0 saturated carbocycles. The van der Waals surface area contributed by atoms with Gasteiger partial charge in [0, 0.05) is 20.2 Å². The number of carbonyl (C=O) groups excluding carboxylic acids is 1. The Kier molecular flexibility index (Phi) is 3.27. The minimum absolute atomic E-state index is 0.0443. The Hall–Kier alpha value is -1.64. The van der Waals surface area contributed by atoms with E-state index in [-0.39, 0.29) is 11.7 Å². The van der Waals surface area contributed by atoms with Crippen molar-refractivity contribution < 1.29 is 9.18 Å². The Morgan fingerprint density at radius 3 is 2.82 bits per heavy atom. The summed E-state index contributed by atoms with van der Waals surface area (Å²) in [6.45, 7) is 0. The third-order valence-electron chi connectivity index (χ3n) is 3.05. The van der Waals surface area contributed by atoms with Crippen LogP contribution in [0.4, 0.5) is 4.39 Å². The van der Waals surface area contributed by atoms with Gasteiger partial charge in [0.05, 0.1) is 0 Å². The Morgan fingerprint density at radius 2 is 2.12 bits per heavy atom. The van der Waals surface area contributed by atoms with Gasteiger partial charge in [0.1, 0.15) is 5.82 Å². The van der Waals surface area contributed by atoms with Gasteiger partial charge in [0.2, 0.25) is 5.91 Å². The van der Waals surface area contributed by atoms with Crippen LogP contribution in [-0.2, 0) is 11.2 Å². The van der Waals surface area contributed by atoms with Crippen molar-refractivity contribution >= 4 is 11.5 Å². The molecule has 0 saturated heterocycles. The maximum Gasteiger partial charge on any atom is 0.246 e. The highest BCUT2D eigenvalue weighted by atomic mass is 19.1. The van der Waals surface area contributed by atoms with Gasteiger partial charge in [-0.25, -0.2) is 4.39 Å². The lowest BCUT2D eigenvalue weighted by molar-refractivity contribution is -0.123. The van der Waals surface area contributed by atoms with Crippen LogP contribution in [0.5, 0.6) is 0 Å². The Bertz CT molecular complexity index is 477. The topological polar surface area (TPSA) is 20.3 Å². The fraction of sp³-hybridized carbons (Fsp3) is 0.357. The smallest absolute Gasteiger partial charge is 0.246 e. The molecule has 1 aromatic carbocycles. The normalized spacial score (nSPS) is 16.8. The van der Waals surface area contributed by atoms with Gasteiger partial charge in [0.15, 0.2) is 0 Å². The zero-order valence-electron chi connectivity index (χ0n) is 10.2. The molecule has 1 aliphatic rings. The molecular formula is C14H16FNO. The second kappa shape index (κ2) is 4.70. The van der Waals surface area contributed by atoms with Crippen LogP contribution in [0.15, 0.2) is 24.3 Å². The summed E-state index contributed by atoms with van der Waals surface area (Å²) in [5.41, 5.74) is 2.98. The molecule has 0 atom stereocenters. The quantitative estimate of drug-likeness (QED) is 0.683. The molecule has 0 spiro atoms. The highest BCUT2D eigenvalue weighted by Crippen LogP contribution is 2.31. The molecule has 90 valence electrons. The number of halogens is 1. The van der Waals surface area contributed by atoms with Gasteiger partial charge in [-0.05, 0) is 48.1 Å². The van der Waals surface area contributed by atoms with E-state index in [4.69, 9.17) is 0 Å². The molecule has 17 heavy (non-hydrogen) atoms. The predicted octanol–water partition coefficient (Wildman–Crippen LogP) is 2.63. The molecule has 0 aliphatic heterocycles. The number of allylic oxidation sites excluding steroid dienone is 1. The van der Waals surface area contributed by atoms with Crippen LogP contribution in [0.1, 0.15) is 24.0 Å². The van der Waals surface area contributed by atoms with Crippen LogP contribution in [-0.4, -0.2) is 24.9 Å². The summed E-state index contributed by atoms with van der Waals surface area (Å²) < 4.78 is 13.2. The highest BCUT2D eigenvalue weighted by Gasteiger charge is 2.16. The second-order valence-electron chi connectivity index (χ2n) is 4.56. The third kappa shape index (κ3) is 2.54. The van der Waals surface area contributed by atoms with Crippen molar-refractivity contribution in [3.8, 4) is 0 Å². The number of amides is 1. The van der Waals surface area contributed by atoms with E-state index in [2.05, 4.69) is 0 Å². The number of aryl methyl sites for hydroxylation is 1. The molecule has 0 N–H and O–H groups in total. The molecule has 0 unspecified atom stereocenters. The lowest BCUT2D eigenvalue weighted by Gasteiger charge is -2.19. The summed E-state index contributed by atoms with van der Waals surface area (Å²) >= 11 is 0. The van der Waals surface area contributed by atoms with Gasteiger partial charge in [-0.3, -0.25) is 4.79 Å². The SMILES string of the molecule is CN(C)C(=O)/C=C1\CCCc2ccc(F)cc21. The van der Waals surface area contributed by atoms with Crippen LogP contribution >= 0.6 is 0 Å². The van der Waals surface area contributed by atoms with E-state index in [1.54, 1.807) is 20.2 Å². The number of fused-ring (bicyclic) bond motifs is 1. The van der Waals surface area contributed by atoms with E-state index in [1.807, 2.05) is 6.07 Å². The number of benzene rings is 1.